The highest BCUT2D eigenvalue weighted by Crippen LogP contribution is 2.21. The Hall–Kier alpha value is 0.290. The van der Waals surface area contributed by atoms with E-state index in [0.717, 1.165) is 5.69 Å². The number of thiazole rings is 1. The Balaban J connectivity index is 1.88. The number of hydrogen-bond donors (Lipinski definition) is 1. The van der Waals surface area contributed by atoms with Gasteiger partial charge >= 0.3 is 0 Å². The molecule has 16 heavy (non-hydrogen) atoms. The molecule has 2 nitrogen and oxygen atoms in total. The van der Waals surface area contributed by atoms with Crippen molar-refractivity contribution in [3.63, 3.8) is 0 Å². The Kier molecular flexibility index (Phi) is 5.00. The first kappa shape index (κ1) is 12.7. The maximum absolute atomic E-state index is 4.54. The van der Waals surface area contributed by atoms with Crippen LogP contribution in [0.5, 0.6) is 0 Å². The molecule has 0 saturated carbocycles. The van der Waals surface area contributed by atoms with E-state index in [4.69, 9.17) is 0 Å². The smallest absolute Gasteiger partial charge is 0.110 e. The highest BCUT2D eigenvalue weighted by atomic mass is 32.2. The van der Waals surface area contributed by atoms with Gasteiger partial charge in [-0.2, -0.15) is 23.5 Å². The Morgan fingerprint density at radius 1 is 1.38 bits per heavy atom. The summed E-state index contributed by atoms with van der Waals surface area (Å²) in [6.45, 7) is 4.28. The lowest BCUT2D eigenvalue weighted by molar-refractivity contribution is 0.514. The zero-order valence-corrected chi connectivity index (χ0v) is 12.2. The lowest BCUT2D eigenvalue weighted by Gasteiger charge is -2.19. The molecule has 1 aromatic heterocycles. The van der Waals surface area contributed by atoms with Crippen molar-refractivity contribution in [1.29, 1.82) is 0 Å². The minimum absolute atomic E-state index is 0.392. The summed E-state index contributed by atoms with van der Waals surface area (Å²) >= 11 is 5.90. The number of nitrogens with one attached hydrogen (secondary N) is 1. The standard InChI is InChI=1S/C11H18N2S3/c1-8-5-16-11(12-8)9(2)13-10-6-14-3-4-15-7-10/h5,9-10,13H,3-4,6-7H2,1-2H3/t9-/m0/s1. The van der Waals surface area contributed by atoms with Crippen molar-refractivity contribution >= 4 is 34.9 Å². The Morgan fingerprint density at radius 3 is 2.62 bits per heavy atom. The molecule has 5 heteroatoms. The summed E-state index contributed by atoms with van der Waals surface area (Å²) in [5.41, 5.74) is 1.14. The summed E-state index contributed by atoms with van der Waals surface area (Å²) in [7, 11) is 0. The van der Waals surface area contributed by atoms with Crippen molar-refractivity contribution in [2.75, 3.05) is 23.0 Å². The molecule has 1 fully saturated rings. The summed E-state index contributed by atoms with van der Waals surface area (Å²) in [5, 5.41) is 7.04. The zero-order valence-electron chi connectivity index (χ0n) is 9.73. The third-order valence-electron chi connectivity index (χ3n) is 2.50. The third-order valence-corrected chi connectivity index (χ3v) is 6.17. The number of nitrogens with zero attached hydrogens (tertiary/aromatic N) is 1. The molecule has 0 amide bonds. The maximum Gasteiger partial charge on any atom is 0.110 e. The van der Waals surface area contributed by atoms with E-state index in [1.807, 2.05) is 0 Å². The molecule has 0 spiro atoms. The molecular weight excluding hydrogens is 256 g/mol. The molecule has 0 radical (unpaired) electrons. The molecule has 2 rings (SSSR count). The predicted molar refractivity (Wildman–Crippen MR) is 76.8 cm³/mol. The van der Waals surface area contributed by atoms with E-state index in [1.165, 1.54) is 28.0 Å². The Morgan fingerprint density at radius 2 is 2.06 bits per heavy atom. The molecule has 1 atom stereocenters. The molecule has 0 aliphatic carbocycles. The Labute approximate surface area is 110 Å². The maximum atomic E-state index is 4.54. The summed E-state index contributed by atoms with van der Waals surface area (Å²) in [5.74, 6) is 5.07. The molecule has 0 aromatic carbocycles. The van der Waals surface area contributed by atoms with E-state index in [-0.39, 0.29) is 0 Å². The fourth-order valence-electron chi connectivity index (χ4n) is 1.71. The van der Waals surface area contributed by atoms with Crippen LogP contribution < -0.4 is 5.32 Å². The fraction of sp³-hybridized carbons (Fsp3) is 0.727. The molecule has 0 unspecified atom stereocenters. The number of rotatable bonds is 3. The minimum atomic E-state index is 0.392. The van der Waals surface area contributed by atoms with Gasteiger partial charge in [-0.3, -0.25) is 0 Å². The van der Waals surface area contributed by atoms with Gasteiger partial charge in [0.15, 0.2) is 0 Å². The van der Waals surface area contributed by atoms with Crippen LogP contribution in [0.4, 0.5) is 0 Å². The summed E-state index contributed by atoms with van der Waals surface area (Å²) in [4.78, 5) is 4.54. The first-order valence-corrected chi connectivity index (χ1v) is 8.78. The number of hydrogen-bond acceptors (Lipinski definition) is 5. The first-order valence-electron chi connectivity index (χ1n) is 5.59. The molecule has 1 aliphatic heterocycles. The average molecular weight is 274 g/mol. The topological polar surface area (TPSA) is 24.9 Å². The van der Waals surface area contributed by atoms with Crippen LogP contribution in [0, 0.1) is 6.92 Å². The van der Waals surface area contributed by atoms with Crippen molar-refractivity contribution in [3.05, 3.63) is 16.1 Å². The number of thioether (sulfide) groups is 2. The van der Waals surface area contributed by atoms with Crippen molar-refractivity contribution < 1.29 is 0 Å². The molecular formula is C11H18N2S3. The lowest BCUT2D eigenvalue weighted by atomic mass is 10.3. The SMILES string of the molecule is Cc1csc([C@H](C)NC2CSCCSC2)n1. The summed E-state index contributed by atoms with van der Waals surface area (Å²) in [6, 6.07) is 1.03. The summed E-state index contributed by atoms with van der Waals surface area (Å²) in [6.07, 6.45) is 0. The number of aromatic nitrogens is 1. The van der Waals surface area contributed by atoms with Crippen LogP contribution >= 0.6 is 34.9 Å². The van der Waals surface area contributed by atoms with Crippen molar-refractivity contribution in [2.45, 2.75) is 25.9 Å². The van der Waals surface area contributed by atoms with Gasteiger partial charge in [-0.15, -0.1) is 11.3 Å². The van der Waals surface area contributed by atoms with Crippen molar-refractivity contribution in [3.8, 4) is 0 Å². The van der Waals surface area contributed by atoms with Gasteiger partial charge in [0, 0.05) is 40.1 Å². The minimum Gasteiger partial charge on any atom is -0.304 e. The third kappa shape index (κ3) is 3.65. The van der Waals surface area contributed by atoms with Crippen LogP contribution in [0.2, 0.25) is 0 Å². The normalized spacial score (nSPS) is 20.6. The lowest BCUT2D eigenvalue weighted by Crippen LogP contribution is -2.35. The van der Waals surface area contributed by atoms with Gasteiger partial charge in [0.05, 0.1) is 6.04 Å². The molecule has 1 saturated heterocycles. The zero-order chi connectivity index (χ0) is 11.4. The van der Waals surface area contributed by atoms with Crippen LogP contribution in [-0.2, 0) is 0 Å². The molecule has 1 N–H and O–H groups in total. The van der Waals surface area contributed by atoms with Crippen molar-refractivity contribution in [1.82, 2.24) is 10.3 Å². The van der Waals surface area contributed by atoms with E-state index < -0.39 is 0 Å². The van der Waals surface area contributed by atoms with Gasteiger partial charge < -0.3 is 5.32 Å². The highest BCUT2D eigenvalue weighted by molar-refractivity contribution is 8.03. The van der Waals surface area contributed by atoms with Crippen LogP contribution in [0.3, 0.4) is 0 Å². The highest BCUT2D eigenvalue weighted by Gasteiger charge is 2.17. The molecule has 1 aromatic rings. The summed E-state index contributed by atoms with van der Waals surface area (Å²) < 4.78 is 0. The van der Waals surface area contributed by atoms with Gasteiger partial charge in [-0.05, 0) is 13.8 Å². The van der Waals surface area contributed by atoms with E-state index in [2.05, 4.69) is 53.1 Å². The van der Waals surface area contributed by atoms with Crippen LogP contribution in [-0.4, -0.2) is 34.0 Å². The monoisotopic (exact) mass is 274 g/mol. The first-order chi connectivity index (χ1) is 7.75. The van der Waals surface area contributed by atoms with E-state index in [1.54, 1.807) is 11.3 Å². The second-order valence-corrected chi connectivity index (χ2v) is 7.25. The van der Waals surface area contributed by atoms with E-state index in [9.17, 15) is 0 Å². The predicted octanol–water partition coefficient (Wildman–Crippen LogP) is 2.95. The van der Waals surface area contributed by atoms with Gasteiger partial charge in [-0.1, -0.05) is 0 Å². The molecule has 90 valence electrons. The molecule has 1 aliphatic rings. The van der Waals surface area contributed by atoms with E-state index >= 15 is 0 Å². The Bertz CT molecular complexity index is 319. The van der Waals surface area contributed by atoms with Crippen LogP contribution in [0.15, 0.2) is 5.38 Å². The fourth-order valence-corrected chi connectivity index (χ4v) is 4.94. The average Bonchev–Trinajstić information content (AvgIpc) is 2.54. The second kappa shape index (κ2) is 6.28. The van der Waals surface area contributed by atoms with E-state index in [0.29, 0.717) is 12.1 Å². The van der Waals surface area contributed by atoms with Crippen molar-refractivity contribution in [2.24, 2.45) is 0 Å². The van der Waals surface area contributed by atoms with Gasteiger partial charge in [-0.25, -0.2) is 4.98 Å². The molecule has 2 heterocycles. The second-order valence-electron chi connectivity index (χ2n) is 4.06. The quantitative estimate of drug-likeness (QED) is 0.916. The largest absolute Gasteiger partial charge is 0.304 e. The molecule has 0 bridgehead atoms. The van der Waals surface area contributed by atoms with Gasteiger partial charge in [0.25, 0.3) is 0 Å². The van der Waals surface area contributed by atoms with Gasteiger partial charge in [0.2, 0.25) is 0 Å². The van der Waals surface area contributed by atoms with Gasteiger partial charge in [0.1, 0.15) is 5.01 Å². The number of aryl methyl sites for hydroxylation is 1. The van der Waals surface area contributed by atoms with Crippen LogP contribution in [0.1, 0.15) is 23.7 Å². The van der Waals surface area contributed by atoms with Crippen LogP contribution in [0.25, 0.3) is 0 Å².